The molecule has 0 atom stereocenters. The summed E-state index contributed by atoms with van der Waals surface area (Å²) in [5.74, 6) is -0.125. The van der Waals surface area contributed by atoms with E-state index in [1.54, 1.807) is 6.07 Å². The van der Waals surface area contributed by atoms with E-state index in [1.165, 1.54) is 31.2 Å². The zero-order chi connectivity index (χ0) is 10.7. The summed E-state index contributed by atoms with van der Waals surface area (Å²) in [7, 11) is 0. The molecule has 0 saturated heterocycles. The molecule has 0 heterocycles. The van der Waals surface area contributed by atoms with Crippen LogP contribution in [0.2, 0.25) is 0 Å². The number of hydrogen-bond acceptors (Lipinski definition) is 1. The highest BCUT2D eigenvalue weighted by Gasteiger charge is 2.13. The lowest BCUT2D eigenvalue weighted by Gasteiger charge is -2.11. The first kappa shape index (κ1) is 11.3. The third kappa shape index (κ3) is 3.14. The molecule has 1 aromatic rings. The zero-order valence-electron chi connectivity index (χ0n) is 8.60. The Kier molecular flexibility index (Phi) is 3.97. The summed E-state index contributed by atoms with van der Waals surface area (Å²) in [5, 5.41) is 3.52. The van der Waals surface area contributed by atoms with Crippen LogP contribution in [0.5, 0.6) is 0 Å². The van der Waals surface area contributed by atoms with E-state index in [4.69, 9.17) is 0 Å². The second kappa shape index (κ2) is 5.25. The van der Waals surface area contributed by atoms with E-state index in [0.717, 1.165) is 6.54 Å². The predicted molar refractivity (Wildman–Crippen MR) is 68.2 cm³/mol. The Hall–Kier alpha value is -0.160. The fraction of sp³-hybridized carbons (Fsp3) is 0.500. The Morgan fingerprint density at radius 1 is 1.33 bits per heavy atom. The molecule has 0 spiro atoms. The molecule has 0 bridgehead atoms. The Morgan fingerprint density at radius 3 is 2.73 bits per heavy atom. The number of benzene rings is 1. The molecule has 0 unspecified atom stereocenters. The van der Waals surface area contributed by atoms with Gasteiger partial charge in [0.2, 0.25) is 0 Å². The van der Waals surface area contributed by atoms with Crippen LogP contribution < -0.4 is 5.32 Å². The zero-order valence-corrected chi connectivity index (χ0v) is 10.8. The molecular weight excluding hydrogens is 304 g/mol. The lowest BCUT2D eigenvalue weighted by Crippen LogP contribution is -2.25. The van der Waals surface area contributed by atoms with E-state index >= 15 is 0 Å². The Bertz CT molecular complexity index is 334. The first-order valence-corrected chi connectivity index (χ1v) is 6.51. The number of rotatable bonds is 3. The molecule has 82 valence electrons. The molecule has 15 heavy (non-hydrogen) atoms. The standard InChI is InChI=1S/C12H15FIN/c13-11-6-5-9(7-12(11)14)8-15-10-3-1-2-4-10/h5-7,10,15H,1-4,8H2. The van der Waals surface area contributed by atoms with Gasteiger partial charge in [0, 0.05) is 16.2 Å². The number of nitrogens with one attached hydrogen (secondary N) is 1. The minimum atomic E-state index is -0.125. The summed E-state index contributed by atoms with van der Waals surface area (Å²) in [4.78, 5) is 0. The monoisotopic (exact) mass is 319 g/mol. The molecule has 1 nitrogen and oxygen atoms in total. The van der Waals surface area contributed by atoms with Crippen LogP contribution in [0.3, 0.4) is 0 Å². The summed E-state index contributed by atoms with van der Waals surface area (Å²) >= 11 is 2.04. The van der Waals surface area contributed by atoms with Crippen LogP contribution in [0.25, 0.3) is 0 Å². The van der Waals surface area contributed by atoms with Crippen LogP contribution in [0.1, 0.15) is 31.2 Å². The van der Waals surface area contributed by atoms with Gasteiger partial charge in [-0.3, -0.25) is 0 Å². The van der Waals surface area contributed by atoms with Crippen molar-refractivity contribution in [3.63, 3.8) is 0 Å². The molecule has 0 radical (unpaired) electrons. The van der Waals surface area contributed by atoms with Gasteiger partial charge in [0.25, 0.3) is 0 Å². The van der Waals surface area contributed by atoms with Gasteiger partial charge in [-0.1, -0.05) is 18.9 Å². The average molecular weight is 319 g/mol. The molecule has 1 N–H and O–H groups in total. The van der Waals surface area contributed by atoms with E-state index in [1.807, 2.05) is 34.7 Å². The molecule has 1 saturated carbocycles. The maximum atomic E-state index is 13.0. The number of halogens is 2. The van der Waals surface area contributed by atoms with Crippen LogP contribution in [-0.4, -0.2) is 6.04 Å². The molecule has 2 rings (SSSR count). The van der Waals surface area contributed by atoms with E-state index in [9.17, 15) is 4.39 Å². The van der Waals surface area contributed by atoms with Crippen LogP contribution >= 0.6 is 22.6 Å². The van der Waals surface area contributed by atoms with Crippen molar-refractivity contribution < 1.29 is 4.39 Å². The van der Waals surface area contributed by atoms with Crippen molar-refractivity contribution in [2.75, 3.05) is 0 Å². The first-order chi connectivity index (χ1) is 7.25. The molecule has 3 heteroatoms. The van der Waals surface area contributed by atoms with Gasteiger partial charge in [-0.15, -0.1) is 0 Å². The molecular formula is C12H15FIN. The van der Waals surface area contributed by atoms with E-state index in [0.29, 0.717) is 9.61 Å². The normalized spacial score (nSPS) is 17.2. The molecule has 0 aliphatic heterocycles. The van der Waals surface area contributed by atoms with Gasteiger partial charge >= 0.3 is 0 Å². The van der Waals surface area contributed by atoms with Crippen LogP contribution in [0.15, 0.2) is 18.2 Å². The van der Waals surface area contributed by atoms with Crippen molar-refractivity contribution >= 4 is 22.6 Å². The number of hydrogen-bond donors (Lipinski definition) is 1. The maximum absolute atomic E-state index is 13.0. The first-order valence-electron chi connectivity index (χ1n) is 5.43. The second-order valence-corrected chi connectivity index (χ2v) is 5.27. The van der Waals surface area contributed by atoms with Crippen molar-refractivity contribution in [2.45, 2.75) is 38.3 Å². The summed E-state index contributed by atoms with van der Waals surface area (Å²) in [5.41, 5.74) is 1.17. The van der Waals surface area contributed by atoms with E-state index in [2.05, 4.69) is 5.32 Å². The lowest BCUT2D eigenvalue weighted by molar-refractivity contribution is 0.523. The van der Waals surface area contributed by atoms with Gasteiger partial charge in [-0.2, -0.15) is 0 Å². The van der Waals surface area contributed by atoms with Gasteiger partial charge in [0.1, 0.15) is 5.82 Å². The smallest absolute Gasteiger partial charge is 0.136 e. The van der Waals surface area contributed by atoms with Gasteiger partial charge in [0.05, 0.1) is 0 Å². The van der Waals surface area contributed by atoms with Gasteiger partial charge in [-0.25, -0.2) is 4.39 Å². The molecule has 0 amide bonds. The molecule has 1 aliphatic rings. The molecule has 0 aromatic heterocycles. The summed E-state index contributed by atoms with van der Waals surface area (Å²) < 4.78 is 13.7. The van der Waals surface area contributed by atoms with E-state index < -0.39 is 0 Å². The van der Waals surface area contributed by atoms with Gasteiger partial charge in [-0.05, 0) is 53.1 Å². The molecule has 1 aromatic carbocycles. The Balaban J connectivity index is 1.90. The topological polar surface area (TPSA) is 12.0 Å². The predicted octanol–water partition coefficient (Wildman–Crippen LogP) is 3.46. The highest BCUT2D eigenvalue weighted by molar-refractivity contribution is 14.1. The maximum Gasteiger partial charge on any atom is 0.136 e. The highest BCUT2D eigenvalue weighted by atomic mass is 127. The van der Waals surface area contributed by atoms with Crippen molar-refractivity contribution in [3.05, 3.63) is 33.1 Å². The largest absolute Gasteiger partial charge is 0.310 e. The van der Waals surface area contributed by atoms with Crippen molar-refractivity contribution in [3.8, 4) is 0 Å². The van der Waals surface area contributed by atoms with E-state index in [-0.39, 0.29) is 5.82 Å². The highest BCUT2D eigenvalue weighted by Crippen LogP contribution is 2.18. The minimum absolute atomic E-state index is 0.125. The minimum Gasteiger partial charge on any atom is -0.310 e. The Labute approximate surface area is 104 Å². The van der Waals surface area contributed by atoms with Gasteiger partial charge < -0.3 is 5.32 Å². The van der Waals surface area contributed by atoms with Crippen molar-refractivity contribution in [2.24, 2.45) is 0 Å². The van der Waals surface area contributed by atoms with Crippen molar-refractivity contribution in [1.82, 2.24) is 5.32 Å². The van der Waals surface area contributed by atoms with Gasteiger partial charge in [0.15, 0.2) is 0 Å². The third-order valence-corrected chi connectivity index (χ3v) is 3.76. The summed E-state index contributed by atoms with van der Waals surface area (Å²) in [6.45, 7) is 0.862. The summed E-state index contributed by atoms with van der Waals surface area (Å²) in [6.07, 6.45) is 5.27. The summed E-state index contributed by atoms with van der Waals surface area (Å²) in [6, 6.07) is 6.00. The molecule has 1 aliphatic carbocycles. The van der Waals surface area contributed by atoms with Crippen LogP contribution in [0.4, 0.5) is 4.39 Å². The average Bonchev–Trinajstić information content (AvgIpc) is 2.73. The Morgan fingerprint density at radius 2 is 2.07 bits per heavy atom. The molecule has 1 fully saturated rings. The quantitative estimate of drug-likeness (QED) is 0.842. The fourth-order valence-electron chi connectivity index (χ4n) is 2.04. The van der Waals surface area contributed by atoms with Crippen LogP contribution in [-0.2, 0) is 6.54 Å². The fourth-order valence-corrected chi connectivity index (χ4v) is 2.62. The third-order valence-electron chi connectivity index (χ3n) is 2.93. The second-order valence-electron chi connectivity index (χ2n) is 4.11. The van der Waals surface area contributed by atoms with Crippen molar-refractivity contribution in [1.29, 1.82) is 0 Å². The SMILES string of the molecule is Fc1ccc(CNC2CCCC2)cc1I. The van der Waals surface area contributed by atoms with Crippen LogP contribution in [0, 0.1) is 9.39 Å². The lowest BCUT2D eigenvalue weighted by atomic mass is 10.2.